The first kappa shape index (κ1) is 17.0. The van der Waals surface area contributed by atoms with E-state index in [2.05, 4.69) is 5.32 Å². The molecule has 27 heavy (non-hydrogen) atoms. The van der Waals surface area contributed by atoms with E-state index in [1.165, 1.54) is 13.0 Å². The Morgan fingerprint density at radius 3 is 2.52 bits per heavy atom. The van der Waals surface area contributed by atoms with Gasteiger partial charge in [-0.25, -0.2) is 4.79 Å². The van der Waals surface area contributed by atoms with Crippen molar-refractivity contribution in [1.29, 1.82) is 0 Å². The second-order valence-electron chi connectivity index (χ2n) is 6.27. The molecule has 2 aromatic carbocycles. The average molecular weight is 366 g/mol. The van der Waals surface area contributed by atoms with Crippen molar-refractivity contribution in [3.05, 3.63) is 58.4 Å². The van der Waals surface area contributed by atoms with Crippen molar-refractivity contribution in [2.24, 2.45) is 0 Å². The number of ether oxygens (including phenoxy) is 2. The van der Waals surface area contributed by atoms with Crippen LogP contribution in [0.5, 0.6) is 11.5 Å². The number of rotatable bonds is 4. The number of carbonyl (C=O) groups is 1. The lowest BCUT2D eigenvalue weighted by Gasteiger charge is -2.15. The van der Waals surface area contributed by atoms with Crippen molar-refractivity contribution in [2.45, 2.75) is 13.5 Å². The molecular weight excluding hydrogens is 348 g/mol. The van der Waals surface area contributed by atoms with E-state index in [1.54, 1.807) is 18.0 Å². The number of fused-ring (bicyclic) bond motifs is 2. The standard InChI is InChI=1S/C20H18N2O5/c1-12(23)22(2)15-5-3-14(4-6-15)21-10-13-7-20(24)27-17-9-19-18(8-16(13)17)25-11-26-19/h3-9,21H,10-11H2,1-2H3. The molecule has 138 valence electrons. The van der Waals surface area contributed by atoms with Crippen LogP contribution in [-0.2, 0) is 11.3 Å². The first-order chi connectivity index (χ1) is 13.0. The quantitative estimate of drug-likeness (QED) is 0.715. The van der Waals surface area contributed by atoms with Crippen molar-refractivity contribution >= 4 is 28.3 Å². The molecule has 0 saturated carbocycles. The highest BCUT2D eigenvalue weighted by atomic mass is 16.7. The minimum atomic E-state index is -0.420. The molecule has 1 aliphatic heterocycles. The monoisotopic (exact) mass is 366 g/mol. The van der Waals surface area contributed by atoms with Crippen LogP contribution in [0, 0.1) is 0 Å². The second kappa shape index (κ2) is 6.68. The molecule has 1 aromatic heterocycles. The van der Waals surface area contributed by atoms with Gasteiger partial charge in [0, 0.05) is 49.4 Å². The zero-order valence-electron chi connectivity index (χ0n) is 14.9. The number of anilines is 2. The van der Waals surface area contributed by atoms with Crippen LogP contribution in [0.1, 0.15) is 12.5 Å². The van der Waals surface area contributed by atoms with Crippen LogP contribution in [0.2, 0.25) is 0 Å². The summed E-state index contributed by atoms with van der Waals surface area (Å²) >= 11 is 0. The summed E-state index contributed by atoms with van der Waals surface area (Å²) in [6.45, 7) is 2.11. The molecule has 0 unspecified atom stereocenters. The molecule has 0 bridgehead atoms. The van der Waals surface area contributed by atoms with E-state index in [4.69, 9.17) is 13.9 Å². The molecule has 1 aliphatic rings. The minimum absolute atomic E-state index is 0.0306. The van der Waals surface area contributed by atoms with Crippen LogP contribution in [0.4, 0.5) is 11.4 Å². The van der Waals surface area contributed by atoms with Gasteiger partial charge in [-0.05, 0) is 35.9 Å². The van der Waals surface area contributed by atoms with Gasteiger partial charge >= 0.3 is 5.63 Å². The highest BCUT2D eigenvalue weighted by Gasteiger charge is 2.17. The smallest absolute Gasteiger partial charge is 0.336 e. The SMILES string of the molecule is CC(=O)N(C)c1ccc(NCc2cc(=O)oc3cc4c(cc23)OCO4)cc1. The Morgan fingerprint density at radius 2 is 1.81 bits per heavy atom. The van der Waals surface area contributed by atoms with Crippen molar-refractivity contribution < 1.29 is 18.7 Å². The van der Waals surface area contributed by atoms with Crippen molar-refractivity contribution in [1.82, 2.24) is 0 Å². The van der Waals surface area contributed by atoms with Crippen molar-refractivity contribution in [2.75, 3.05) is 24.1 Å². The summed E-state index contributed by atoms with van der Waals surface area (Å²) in [6.07, 6.45) is 0. The number of hydrogen-bond donors (Lipinski definition) is 1. The lowest BCUT2D eigenvalue weighted by molar-refractivity contribution is -0.116. The van der Waals surface area contributed by atoms with Gasteiger partial charge in [0.15, 0.2) is 11.5 Å². The average Bonchev–Trinajstić information content (AvgIpc) is 3.11. The predicted octanol–water partition coefficient (Wildman–Crippen LogP) is 3.12. The molecule has 7 heteroatoms. The summed E-state index contributed by atoms with van der Waals surface area (Å²) in [5.41, 5.74) is 2.52. The van der Waals surface area contributed by atoms with E-state index in [9.17, 15) is 9.59 Å². The maximum atomic E-state index is 11.9. The van der Waals surface area contributed by atoms with Gasteiger partial charge in [-0.15, -0.1) is 0 Å². The van der Waals surface area contributed by atoms with E-state index >= 15 is 0 Å². The number of benzene rings is 2. The van der Waals surface area contributed by atoms with Gasteiger partial charge in [0.25, 0.3) is 0 Å². The summed E-state index contributed by atoms with van der Waals surface area (Å²) in [5.74, 6) is 1.17. The zero-order chi connectivity index (χ0) is 19.0. The third-order valence-electron chi connectivity index (χ3n) is 4.53. The third-order valence-corrected chi connectivity index (χ3v) is 4.53. The Labute approximate surface area is 155 Å². The molecule has 0 aliphatic carbocycles. The Bertz CT molecular complexity index is 1070. The van der Waals surface area contributed by atoms with Gasteiger partial charge in [0.1, 0.15) is 5.58 Å². The maximum Gasteiger partial charge on any atom is 0.336 e. The molecule has 0 fully saturated rings. The van der Waals surface area contributed by atoms with E-state index in [-0.39, 0.29) is 12.7 Å². The topological polar surface area (TPSA) is 81.0 Å². The highest BCUT2D eigenvalue weighted by Crippen LogP contribution is 2.36. The fraction of sp³-hybridized carbons (Fsp3) is 0.200. The van der Waals surface area contributed by atoms with E-state index < -0.39 is 5.63 Å². The molecule has 4 rings (SSSR count). The number of amides is 1. The van der Waals surface area contributed by atoms with Crippen LogP contribution in [0.15, 0.2) is 51.7 Å². The van der Waals surface area contributed by atoms with Gasteiger partial charge in [-0.1, -0.05) is 0 Å². The Kier molecular flexibility index (Phi) is 4.19. The fourth-order valence-electron chi connectivity index (χ4n) is 2.94. The molecule has 0 radical (unpaired) electrons. The Morgan fingerprint density at radius 1 is 1.11 bits per heavy atom. The van der Waals surface area contributed by atoms with Gasteiger partial charge in [-0.3, -0.25) is 4.79 Å². The molecule has 0 saturated heterocycles. The molecule has 3 aromatic rings. The Balaban J connectivity index is 1.58. The summed E-state index contributed by atoms with van der Waals surface area (Å²) < 4.78 is 16.0. The number of nitrogens with zero attached hydrogens (tertiary/aromatic N) is 1. The van der Waals surface area contributed by atoms with Crippen LogP contribution in [0.3, 0.4) is 0 Å². The second-order valence-corrected chi connectivity index (χ2v) is 6.27. The van der Waals surface area contributed by atoms with Crippen LogP contribution < -0.4 is 25.3 Å². The molecule has 7 nitrogen and oxygen atoms in total. The maximum absolute atomic E-state index is 11.9. The first-order valence-electron chi connectivity index (χ1n) is 8.46. The van der Waals surface area contributed by atoms with Gasteiger partial charge in [0.2, 0.25) is 12.7 Å². The summed E-state index contributed by atoms with van der Waals surface area (Å²) in [4.78, 5) is 24.9. The fourth-order valence-corrected chi connectivity index (χ4v) is 2.94. The lowest BCUT2D eigenvalue weighted by Crippen LogP contribution is -2.22. The molecule has 1 amide bonds. The molecular formula is C20H18N2O5. The molecule has 0 spiro atoms. The minimum Gasteiger partial charge on any atom is -0.454 e. The van der Waals surface area contributed by atoms with Crippen molar-refractivity contribution in [3.63, 3.8) is 0 Å². The third kappa shape index (κ3) is 3.31. The van der Waals surface area contributed by atoms with E-state index in [0.717, 1.165) is 22.3 Å². The van der Waals surface area contributed by atoms with E-state index in [0.29, 0.717) is 23.6 Å². The lowest BCUT2D eigenvalue weighted by atomic mass is 10.1. The number of hydrogen-bond acceptors (Lipinski definition) is 6. The van der Waals surface area contributed by atoms with Crippen molar-refractivity contribution in [3.8, 4) is 11.5 Å². The summed E-state index contributed by atoms with van der Waals surface area (Å²) in [5, 5.41) is 4.08. The normalized spacial score (nSPS) is 12.2. The number of carbonyl (C=O) groups excluding carboxylic acids is 1. The van der Waals surface area contributed by atoms with Crippen LogP contribution in [0.25, 0.3) is 11.0 Å². The molecule has 1 N–H and O–H groups in total. The molecule has 0 atom stereocenters. The summed E-state index contributed by atoms with van der Waals surface area (Å²) in [6, 6.07) is 12.5. The van der Waals surface area contributed by atoms with Crippen LogP contribution >= 0.6 is 0 Å². The number of nitrogens with one attached hydrogen (secondary N) is 1. The summed E-state index contributed by atoms with van der Waals surface area (Å²) in [7, 11) is 1.73. The van der Waals surface area contributed by atoms with Gasteiger partial charge < -0.3 is 24.1 Å². The Hall–Kier alpha value is -3.48. The van der Waals surface area contributed by atoms with Crippen LogP contribution in [-0.4, -0.2) is 19.7 Å². The first-order valence-corrected chi connectivity index (χ1v) is 8.46. The molecule has 2 heterocycles. The highest BCUT2D eigenvalue weighted by molar-refractivity contribution is 5.91. The van der Waals surface area contributed by atoms with Gasteiger partial charge in [0.05, 0.1) is 0 Å². The predicted molar refractivity (Wildman–Crippen MR) is 101 cm³/mol. The zero-order valence-corrected chi connectivity index (χ0v) is 14.9. The van der Waals surface area contributed by atoms with Gasteiger partial charge in [-0.2, -0.15) is 0 Å². The van der Waals surface area contributed by atoms with E-state index in [1.807, 2.05) is 30.3 Å². The largest absolute Gasteiger partial charge is 0.454 e.